The molecule has 0 aromatic heterocycles. The normalized spacial score (nSPS) is 15.1. The maximum Gasteiger partial charge on any atom is 0.242 e. The van der Waals surface area contributed by atoms with Gasteiger partial charge in [-0.1, -0.05) is 25.0 Å². The van der Waals surface area contributed by atoms with Gasteiger partial charge in [0.25, 0.3) is 0 Å². The summed E-state index contributed by atoms with van der Waals surface area (Å²) in [6.45, 7) is 0. The van der Waals surface area contributed by atoms with Gasteiger partial charge in [-0.05, 0) is 36.5 Å². The molecular formula is C15H19FN2O2. The third-order valence-electron chi connectivity index (χ3n) is 3.57. The molecule has 0 unspecified atom stereocenters. The minimum Gasteiger partial charge on any atom is -0.273 e. The van der Waals surface area contributed by atoms with Crippen LogP contribution in [-0.4, -0.2) is 11.8 Å². The van der Waals surface area contributed by atoms with Gasteiger partial charge in [-0.15, -0.1) is 0 Å². The third kappa shape index (κ3) is 4.64. The first-order chi connectivity index (χ1) is 9.63. The summed E-state index contributed by atoms with van der Waals surface area (Å²) in [6, 6.07) is 5.72. The first-order valence-corrected chi connectivity index (χ1v) is 6.95. The lowest BCUT2D eigenvalue weighted by molar-refractivity contribution is -0.129. The summed E-state index contributed by atoms with van der Waals surface area (Å²) in [4.78, 5) is 23.2. The highest BCUT2D eigenvalue weighted by Crippen LogP contribution is 2.27. The van der Waals surface area contributed by atoms with E-state index in [-0.39, 0.29) is 24.1 Å². The number of carbonyl (C=O) groups is 2. The Morgan fingerprint density at radius 2 is 1.65 bits per heavy atom. The number of benzene rings is 1. The van der Waals surface area contributed by atoms with Crippen molar-refractivity contribution in [1.82, 2.24) is 10.9 Å². The Labute approximate surface area is 117 Å². The Morgan fingerprint density at radius 3 is 2.30 bits per heavy atom. The predicted octanol–water partition coefficient (Wildman–Crippen LogP) is 2.10. The number of hydrogen-bond acceptors (Lipinski definition) is 2. The van der Waals surface area contributed by atoms with E-state index < -0.39 is 0 Å². The molecule has 2 amide bonds. The number of nitrogens with one attached hydrogen (secondary N) is 2. The number of halogens is 1. The van der Waals surface area contributed by atoms with Crippen LogP contribution >= 0.6 is 0 Å². The van der Waals surface area contributed by atoms with Crippen molar-refractivity contribution in [3.05, 3.63) is 35.6 Å². The van der Waals surface area contributed by atoms with Crippen molar-refractivity contribution in [2.75, 3.05) is 0 Å². The van der Waals surface area contributed by atoms with E-state index in [0.29, 0.717) is 17.9 Å². The van der Waals surface area contributed by atoms with Crippen LogP contribution in [-0.2, 0) is 16.0 Å². The lowest BCUT2D eigenvalue weighted by atomic mass is 10.0. The summed E-state index contributed by atoms with van der Waals surface area (Å²) >= 11 is 0. The van der Waals surface area contributed by atoms with Crippen LogP contribution in [0.3, 0.4) is 0 Å². The van der Waals surface area contributed by atoms with Gasteiger partial charge in [0.2, 0.25) is 11.8 Å². The van der Waals surface area contributed by atoms with Crippen molar-refractivity contribution in [3.63, 3.8) is 0 Å². The fourth-order valence-electron chi connectivity index (χ4n) is 2.50. The highest BCUT2D eigenvalue weighted by Gasteiger charge is 2.18. The van der Waals surface area contributed by atoms with Crippen LogP contribution in [0.1, 0.15) is 37.7 Å². The van der Waals surface area contributed by atoms with Crippen LogP contribution in [0.4, 0.5) is 4.39 Å². The van der Waals surface area contributed by atoms with E-state index in [9.17, 15) is 14.0 Å². The van der Waals surface area contributed by atoms with Crippen molar-refractivity contribution in [2.45, 2.75) is 38.5 Å². The summed E-state index contributed by atoms with van der Waals surface area (Å²) in [5.74, 6) is -0.344. The standard InChI is InChI=1S/C15H19FN2O2/c16-13-7-5-12(6-8-13)10-15(20)18-17-14(19)9-11-3-1-2-4-11/h5-8,11H,1-4,9-10H2,(H,17,19)(H,18,20). The van der Waals surface area contributed by atoms with Crippen molar-refractivity contribution in [2.24, 2.45) is 5.92 Å². The second-order valence-corrected chi connectivity index (χ2v) is 5.25. The van der Waals surface area contributed by atoms with Crippen molar-refractivity contribution >= 4 is 11.8 Å². The third-order valence-corrected chi connectivity index (χ3v) is 3.57. The van der Waals surface area contributed by atoms with E-state index in [1.165, 1.54) is 25.0 Å². The molecule has 0 saturated heterocycles. The molecule has 1 fully saturated rings. The van der Waals surface area contributed by atoms with Crippen LogP contribution in [0.25, 0.3) is 0 Å². The van der Waals surface area contributed by atoms with E-state index in [1.807, 2.05) is 0 Å². The van der Waals surface area contributed by atoms with Crippen molar-refractivity contribution in [1.29, 1.82) is 0 Å². The summed E-state index contributed by atoms with van der Waals surface area (Å²) in [5.41, 5.74) is 5.52. The predicted molar refractivity (Wildman–Crippen MR) is 73.0 cm³/mol. The van der Waals surface area contributed by atoms with Gasteiger partial charge >= 0.3 is 0 Å². The highest BCUT2D eigenvalue weighted by atomic mass is 19.1. The van der Waals surface area contributed by atoms with Gasteiger partial charge in [-0.25, -0.2) is 4.39 Å². The van der Waals surface area contributed by atoms with E-state index in [4.69, 9.17) is 0 Å². The minimum absolute atomic E-state index is 0.115. The summed E-state index contributed by atoms with van der Waals surface area (Å²) in [7, 11) is 0. The first kappa shape index (κ1) is 14.5. The molecule has 1 aromatic rings. The lowest BCUT2D eigenvalue weighted by Gasteiger charge is -2.10. The molecule has 1 saturated carbocycles. The Kier molecular flexibility index (Phi) is 5.09. The van der Waals surface area contributed by atoms with E-state index in [2.05, 4.69) is 10.9 Å². The van der Waals surface area contributed by atoms with Crippen LogP contribution in [0.15, 0.2) is 24.3 Å². The van der Waals surface area contributed by atoms with Crippen LogP contribution < -0.4 is 10.9 Å². The molecule has 4 nitrogen and oxygen atoms in total. The van der Waals surface area contributed by atoms with E-state index in [1.54, 1.807) is 12.1 Å². The second kappa shape index (κ2) is 7.03. The van der Waals surface area contributed by atoms with E-state index >= 15 is 0 Å². The minimum atomic E-state index is -0.334. The molecule has 1 aromatic carbocycles. The number of hydrogen-bond donors (Lipinski definition) is 2. The molecule has 0 spiro atoms. The van der Waals surface area contributed by atoms with Gasteiger partial charge in [0, 0.05) is 6.42 Å². The molecule has 1 aliphatic rings. The molecule has 0 radical (unpaired) electrons. The van der Waals surface area contributed by atoms with Gasteiger partial charge in [0.15, 0.2) is 0 Å². The van der Waals surface area contributed by atoms with Crippen molar-refractivity contribution in [3.8, 4) is 0 Å². The topological polar surface area (TPSA) is 58.2 Å². The lowest BCUT2D eigenvalue weighted by Crippen LogP contribution is -2.42. The first-order valence-electron chi connectivity index (χ1n) is 6.95. The van der Waals surface area contributed by atoms with Crippen LogP contribution in [0, 0.1) is 11.7 Å². The average Bonchev–Trinajstić information content (AvgIpc) is 2.92. The number of rotatable bonds is 4. The molecule has 2 N–H and O–H groups in total. The smallest absolute Gasteiger partial charge is 0.242 e. The molecule has 2 rings (SSSR count). The monoisotopic (exact) mass is 278 g/mol. The Bertz CT molecular complexity index is 467. The molecule has 5 heteroatoms. The molecule has 0 heterocycles. The fourth-order valence-corrected chi connectivity index (χ4v) is 2.50. The summed E-state index contributed by atoms with van der Waals surface area (Å²) in [5, 5.41) is 0. The molecule has 0 atom stereocenters. The zero-order chi connectivity index (χ0) is 14.4. The Hall–Kier alpha value is -1.91. The maximum atomic E-state index is 12.7. The molecule has 20 heavy (non-hydrogen) atoms. The molecule has 1 aliphatic carbocycles. The Morgan fingerprint density at radius 1 is 1.05 bits per heavy atom. The molecule has 0 bridgehead atoms. The van der Waals surface area contributed by atoms with Gasteiger partial charge in [0.1, 0.15) is 5.82 Å². The quantitative estimate of drug-likeness (QED) is 0.829. The molecule has 0 aliphatic heterocycles. The van der Waals surface area contributed by atoms with Crippen LogP contribution in [0.5, 0.6) is 0 Å². The van der Waals surface area contributed by atoms with Gasteiger partial charge in [-0.3, -0.25) is 20.4 Å². The second-order valence-electron chi connectivity index (χ2n) is 5.25. The SMILES string of the molecule is O=C(Cc1ccc(F)cc1)NNC(=O)CC1CCCC1. The molecular weight excluding hydrogens is 259 g/mol. The number of amides is 2. The summed E-state index contributed by atoms with van der Waals surface area (Å²) in [6.07, 6.45) is 5.15. The largest absolute Gasteiger partial charge is 0.273 e. The van der Waals surface area contributed by atoms with E-state index in [0.717, 1.165) is 12.8 Å². The molecule has 108 valence electrons. The number of carbonyl (C=O) groups excluding carboxylic acids is 2. The van der Waals surface area contributed by atoms with Crippen molar-refractivity contribution < 1.29 is 14.0 Å². The average molecular weight is 278 g/mol. The zero-order valence-electron chi connectivity index (χ0n) is 11.3. The highest BCUT2D eigenvalue weighted by molar-refractivity contribution is 5.83. The maximum absolute atomic E-state index is 12.7. The van der Waals surface area contributed by atoms with Gasteiger partial charge in [0.05, 0.1) is 6.42 Å². The fraction of sp³-hybridized carbons (Fsp3) is 0.467. The van der Waals surface area contributed by atoms with Crippen LogP contribution in [0.2, 0.25) is 0 Å². The Balaban J connectivity index is 1.69. The van der Waals surface area contributed by atoms with Gasteiger partial charge in [-0.2, -0.15) is 0 Å². The van der Waals surface area contributed by atoms with Gasteiger partial charge < -0.3 is 0 Å². The summed E-state index contributed by atoms with van der Waals surface area (Å²) < 4.78 is 12.7. The zero-order valence-corrected chi connectivity index (χ0v) is 11.3. The number of hydrazine groups is 1.